The van der Waals surface area contributed by atoms with Crippen LogP contribution in [0.15, 0.2) is 138 Å². The van der Waals surface area contributed by atoms with Gasteiger partial charge in [0.25, 0.3) is 0 Å². The lowest BCUT2D eigenvalue weighted by atomic mass is 9.78. The van der Waals surface area contributed by atoms with E-state index in [4.69, 9.17) is 4.74 Å². The predicted octanol–water partition coefficient (Wildman–Crippen LogP) is 14.1. The van der Waals surface area contributed by atoms with Crippen molar-refractivity contribution in [3.8, 4) is 5.75 Å². The minimum atomic E-state index is -6.00. The number of halogens is 6. The minimum absolute atomic E-state index is 0.165. The SMILES string of the molecule is CCN1/C(=C/C=C2\CCCC(/C=C/C3=[N+](CC)c4ccc5ccccc5c4C3(C)C)=C2c2ccc(OC(F)F)cc2)C(C)(C)c2c1ccc1ccccc21.F[B-](F)(F)F. The average Bonchev–Trinajstić information content (AvgIpc) is 3.56. The Labute approximate surface area is 342 Å². The Kier molecular flexibility index (Phi) is 11.5. The Morgan fingerprint density at radius 2 is 1.34 bits per heavy atom. The first kappa shape index (κ1) is 41.6. The highest BCUT2D eigenvalue weighted by atomic mass is 19.5. The molecule has 5 aromatic rings. The van der Waals surface area contributed by atoms with Crippen LogP contribution in [0.25, 0.3) is 27.1 Å². The van der Waals surface area contributed by atoms with Gasteiger partial charge in [-0.15, -0.1) is 0 Å². The second-order valence-electron chi connectivity index (χ2n) is 16.2. The molecule has 59 heavy (non-hydrogen) atoms. The van der Waals surface area contributed by atoms with Gasteiger partial charge in [0.05, 0.1) is 5.41 Å². The van der Waals surface area contributed by atoms with Crippen molar-refractivity contribution in [1.82, 2.24) is 0 Å². The second-order valence-corrected chi connectivity index (χ2v) is 16.2. The lowest BCUT2D eigenvalue weighted by molar-refractivity contribution is -0.433. The fraction of sp³-hybridized carbons (Fsp3) is 0.286. The van der Waals surface area contributed by atoms with Crippen molar-refractivity contribution in [2.45, 2.75) is 78.2 Å². The number of ether oxygens (including phenoxy) is 1. The standard InChI is InChI=1S/C49H49F2N2O.BF4/c1-7-52-40-28-22-32-14-9-11-18-38(32)45(40)48(3,4)42(52)30-24-34-16-13-17-35(44(34)36-20-26-37(27-21-36)54-47(50)51)25-31-43-49(5,6)46-39-19-12-10-15-33(39)23-29-41(46)53(43)8-2;2-1(3,4)5/h9-12,14-15,18-31,47H,7-8,13,16-17H2,1-6H3;/q+1;-1. The molecule has 0 amide bonds. The van der Waals surface area contributed by atoms with E-state index in [9.17, 15) is 26.0 Å². The van der Waals surface area contributed by atoms with Crippen molar-refractivity contribution < 1.29 is 35.4 Å². The normalized spacial score (nSPS) is 18.7. The van der Waals surface area contributed by atoms with Gasteiger partial charge in [0.15, 0.2) is 5.71 Å². The molecule has 1 aliphatic carbocycles. The number of alkyl halides is 2. The maximum atomic E-state index is 13.1. The first-order chi connectivity index (χ1) is 28.0. The number of anilines is 1. The van der Waals surface area contributed by atoms with Gasteiger partial charge in [-0.05, 0) is 127 Å². The number of hydrogen-bond acceptors (Lipinski definition) is 2. The predicted molar refractivity (Wildman–Crippen MR) is 232 cm³/mol. The van der Waals surface area contributed by atoms with E-state index in [2.05, 4.69) is 148 Å². The number of allylic oxidation sites excluding steroid dienone is 8. The number of rotatable bonds is 8. The quantitative estimate of drug-likeness (QED) is 0.0882. The summed E-state index contributed by atoms with van der Waals surface area (Å²) in [5.74, 6) is 0.165. The first-order valence-electron chi connectivity index (χ1n) is 20.3. The lowest BCUT2D eigenvalue weighted by Gasteiger charge is -2.27. The van der Waals surface area contributed by atoms with Gasteiger partial charge in [0, 0.05) is 41.1 Å². The zero-order valence-electron chi connectivity index (χ0n) is 34.3. The molecule has 0 saturated carbocycles. The molecule has 8 rings (SSSR count). The van der Waals surface area contributed by atoms with E-state index in [-0.39, 0.29) is 16.6 Å². The molecule has 2 aliphatic heterocycles. The lowest BCUT2D eigenvalue weighted by Crippen LogP contribution is -2.27. The molecule has 0 atom stereocenters. The van der Waals surface area contributed by atoms with E-state index >= 15 is 0 Å². The molecule has 0 saturated heterocycles. The van der Waals surface area contributed by atoms with Crippen LogP contribution in [0.3, 0.4) is 0 Å². The fourth-order valence-electron chi connectivity index (χ4n) is 9.54. The van der Waals surface area contributed by atoms with E-state index in [1.54, 1.807) is 12.1 Å². The number of hydrogen-bond donors (Lipinski definition) is 0. The molecule has 0 aromatic heterocycles. The van der Waals surface area contributed by atoms with E-state index in [0.29, 0.717) is 0 Å². The highest BCUT2D eigenvalue weighted by molar-refractivity contribution is 6.50. The van der Waals surface area contributed by atoms with Crippen LogP contribution < -0.4 is 9.64 Å². The molecule has 2 heterocycles. The summed E-state index contributed by atoms with van der Waals surface area (Å²) in [6.45, 7) is 12.7. The molecule has 3 aliphatic rings. The largest absolute Gasteiger partial charge is 0.673 e. The molecule has 5 aromatic carbocycles. The maximum absolute atomic E-state index is 13.1. The summed E-state index contributed by atoms with van der Waals surface area (Å²) in [7, 11) is -6.00. The third-order valence-electron chi connectivity index (χ3n) is 11.9. The highest BCUT2D eigenvalue weighted by Crippen LogP contribution is 2.51. The average molecular weight is 807 g/mol. The summed E-state index contributed by atoms with van der Waals surface area (Å²) in [6, 6.07) is 33.6. The second kappa shape index (κ2) is 16.3. The van der Waals surface area contributed by atoms with Gasteiger partial charge in [0.2, 0.25) is 5.69 Å². The first-order valence-corrected chi connectivity index (χ1v) is 20.3. The van der Waals surface area contributed by atoms with E-state index in [1.165, 1.54) is 72.2 Å². The third kappa shape index (κ3) is 8.11. The molecule has 0 bridgehead atoms. The van der Waals surface area contributed by atoms with E-state index in [1.807, 2.05) is 12.1 Å². The summed E-state index contributed by atoms with van der Waals surface area (Å²) in [5, 5.41) is 5.12. The Bertz CT molecular complexity index is 2560. The van der Waals surface area contributed by atoms with Crippen molar-refractivity contribution in [3.63, 3.8) is 0 Å². The summed E-state index contributed by atoms with van der Waals surface area (Å²) >= 11 is 0. The van der Waals surface area contributed by atoms with E-state index in [0.717, 1.165) is 37.9 Å². The summed E-state index contributed by atoms with van der Waals surface area (Å²) in [6.07, 6.45) is 12.2. The third-order valence-corrected chi connectivity index (χ3v) is 11.9. The molecule has 306 valence electrons. The van der Waals surface area contributed by atoms with Crippen molar-refractivity contribution >= 4 is 51.5 Å². The fourth-order valence-corrected chi connectivity index (χ4v) is 9.54. The number of likely N-dealkylation sites (N-methyl/N-ethyl adjacent to an activating group) is 1. The molecular weight excluding hydrogens is 757 g/mol. The molecule has 0 N–H and O–H groups in total. The van der Waals surface area contributed by atoms with Crippen LogP contribution in [-0.2, 0) is 10.8 Å². The van der Waals surface area contributed by atoms with Crippen LogP contribution in [0.4, 0.5) is 37.4 Å². The molecule has 0 fully saturated rings. The summed E-state index contributed by atoms with van der Waals surface area (Å²) in [4.78, 5) is 2.46. The van der Waals surface area contributed by atoms with Crippen molar-refractivity contribution in [2.75, 3.05) is 18.0 Å². The monoisotopic (exact) mass is 806 g/mol. The summed E-state index contributed by atoms with van der Waals surface area (Å²) < 4.78 is 72.5. The molecule has 0 unspecified atom stereocenters. The van der Waals surface area contributed by atoms with Gasteiger partial charge in [-0.1, -0.05) is 92.7 Å². The molecule has 10 heteroatoms. The van der Waals surface area contributed by atoms with Crippen LogP contribution in [0.5, 0.6) is 5.75 Å². The molecule has 0 radical (unpaired) electrons. The van der Waals surface area contributed by atoms with Crippen molar-refractivity contribution in [2.24, 2.45) is 0 Å². The van der Waals surface area contributed by atoms with Crippen molar-refractivity contribution in [1.29, 1.82) is 0 Å². The zero-order valence-corrected chi connectivity index (χ0v) is 34.3. The van der Waals surface area contributed by atoms with Gasteiger partial charge >= 0.3 is 13.9 Å². The van der Waals surface area contributed by atoms with Gasteiger partial charge in [-0.2, -0.15) is 13.4 Å². The Morgan fingerprint density at radius 3 is 1.95 bits per heavy atom. The molecule has 0 spiro atoms. The molecular formula is C49H49BF6N2O. The van der Waals surface area contributed by atoms with Crippen LogP contribution in [-0.4, -0.2) is 37.2 Å². The summed E-state index contributed by atoms with van der Waals surface area (Å²) in [5.41, 5.74) is 12.1. The van der Waals surface area contributed by atoms with E-state index < -0.39 is 13.9 Å². The Balaban J connectivity index is 0.000000997. The zero-order chi connectivity index (χ0) is 42.3. The van der Waals surface area contributed by atoms with Crippen LogP contribution >= 0.6 is 0 Å². The number of benzene rings is 5. The van der Waals surface area contributed by atoms with Gasteiger partial charge in [-0.3, -0.25) is 0 Å². The number of fused-ring (bicyclic) bond motifs is 6. The highest BCUT2D eigenvalue weighted by Gasteiger charge is 2.45. The Hall–Kier alpha value is -5.51. The Morgan fingerprint density at radius 1 is 0.729 bits per heavy atom. The topological polar surface area (TPSA) is 15.5 Å². The minimum Gasteiger partial charge on any atom is -0.435 e. The van der Waals surface area contributed by atoms with Gasteiger partial charge < -0.3 is 26.9 Å². The van der Waals surface area contributed by atoms with Crippen LogP contribution in [0, 0.1) is 0 Å². The van der Waals surface area contributed by atoms with Gasteiger partial charge in [0.1, 0.15) is 12.3 Å². The van der Waals surface area contributed by atoms with Crippen molar-refractivity contribution in [3.05, 3.63) is 155 Å². The van der Waals surface area contributed by atoms with Gasteiger partial charge in [-0.25, -0.2) is 0 Å². The maximum Gasteiger partial charge on any atom is 0.673 e. The number of nitrogens with zero attached hydrogens (tertiary/aromatic N) is 2. The van der Waals surface area contributed by atoms with Crippen LogP contribution in [0.2, 0.25) is 0 Å². The molecule has 3 nitrogen and oxygen atoms in total. The smallest absolute Gasteiger partial charge is 0.435 e. The van der Waals surface area contributed by atoms with Crippen LogP contribution in [0.1, 0.15) is 77.5 Å².